The number of sulfone groups is 1. The summed E-state index contributed by atoms with van der Waals surface area (Å²) in [5.74, 6) is 0.404. The highest BCUT2D eigenvalue weighted by Crippen LogP contribution is 2.18. The minimum absolute atomic E-state index is 0.0109. The van der Waals surface area contributed by atoms with E-state index in [-0.39, 0.29) is 23.9 Å². The van der Waals surface area contributed by atoms with E-state index in [4.69, 9.17) is 0 Å². The van der Waals surface area contributed by atoms with E-state index in [0.29, 0.717) is 12.5 Å². The number of hydrogen-bond donors (Lipinski definition) is 1. The van der Waals surface area contributed by atoms with Gasteiger partial charge in [-0.25, -0.2) is 8.42 Å². The van der Waals surface area contributed by atoms with Crippen LogP contribution in [-0.2, 0) is 14.6 Å². The van der Waals surface area contributed by atoms with E-state index in [1.165, 1.54) is 0 Å². The molecule has 5 heteroatoms. The van der Waals surface area contributed by atoms with Crippen LogP contribution in [0.5, 0.6) is 0 Å². The second-order valence-corrected chi connectivity index (χ2v) is 6.35. The highest BCUT2D eigenvalue weighted by Gasteiger charge is 2.29. The topological polar surface area (TPSA) is 63.2 Å². The van der Waals surface area contributed by atoms with E-state index in [1.54, 1.807) is 0 Å². The molecular weight excluding hydrogens is 202 g/mol. The third-order valence-electron chi connectivity index (χ3n) is 2.65. The number of ketones is 1. The smallest absolute Gasteiger partial charge is 0.147 e. The van der Waals surface area contributed by atoms with Crippen molar-refractivity contribution in [3.05, 3.63) is 0 Å². The van der Waals surface area contributed by atoms with Crippen molar-refractivity contribution < 1.29 is 13.2 Å². The Morgan fingerprint density at radius 3 is 2.50 bits per heavy atom. The fourth-order valence-electron chi connectivity index (χ4n) is 1.71. The predicted molar refractivity (Wildman–Crippen MR) is 54.9 cm³/mol. The van der Waals surface area contributed by atoms with Crippen molar-refractivity contribution in [3.8, 4) is 0 Å². The van der Waals surface area contributed by atoms with E-state index in [2.05, 4.69) is 5.32 Å². The molecule has 1 aliphatic rings. The molecule has 4 nitrogen and oxygen atoms in total. The summed E-state index contributed by atoms with van der Waals surface area (Å²) in [6.07, 6.45) is 1.33. The molecule has 1 fully saturated rings. The van der Waals surface area contributed by atoms with Crippen LogP contribution in [0.2, 0.25) is 0 Å². The molecule has 2 atom stereocenters. The Bertz CT molecular complexity index is 310. The van der Waals surface area contributed by atoms with Crippen molar-refractivity contribution in [3.63, 3.8) is 0 Å². The largest absolute Gasteiger partial charge is 0.316 e. The SMILES string of the molecule is CC1CNCC1C(=O)CCS(C)(=O)=O. The standard InChI is InChI=1S/C9H17NO3S/c1-7-5-10-6-8(7)9(11)3-4-14(2,12)13/h7-8,10H,3-6H2,1-2H3. The molecule has 1 aliphatic heterocycles. The van der Waals surface area contributed by atoms with Gasteiger partial charge in [0.05, 0.1) is 5.75 Å². The van der Waals surface area contributed by atoms with Gasteiger partial charge in [-0.2, -0.15) is 0 Å². The molecule has 2 unspecified atom stereocenters. The summed E-state index contributed by atoms with van der Waals surface area (Å²) in [7, 11) is -3.01. The van der Waals surface area contributed by atoms with Crippen LogP contribution in [0.1, 0.15) is 13.3 Å². The van der Waals surface area contributed by atoms with Gasteiger partial charge in [0, 0.05) is 25.1 Å². The lowest BCUT2D eigenvalue weighted by atomic mass is 9.92. The molecule has 0 saturated carbocycles. The Kier molecular flexibility index (Phi) is 3.66. The predicted octanol–water partition coefficient (Wildman–Crippen LogP) is -0.154. The maximum absolute atomic E-state index is 11.6. The minimum Gasteiger partial charge on any atom is -0.316 e. The molecule has 0 aromatic heterocycles. The summed E-state index contributed by atoms with van der Waals surface area (Å²) in [5.41, 5.74) is 0. The Balaban J connectivity index is 2.42. The summed E-state index contributed by atoms with van der Waals surface area (Å²) >= 11 is 0. The molecule has 0 spiro atoms. The van der Waals surface area contributed by atoms with Crippen LogP contribution in [0.4, 0.5) is 0 Å². The number of hydrogen-bond acceptors (Lipinski definition) is 4. The van der Waals surface area contributed by atoms with Crippen LogP contribution in [0.25, 0.3) is 0 Å². The molecule has 1 saturated heterocycles. The van der Waals surface area contributed by atoms with Crippen LogP contribution in [0, 0.1) is 11.8 Å². The van der Waals surface area contributed by atoms with Gasteiger partial charge < -0.3 is 5.32 Å². The fourth-order valence-corrected chi connectivity index (χ4v) is 2.28. The van der Waals surface area contributed by atoms with Crippen LogP contribution < -0.4 is 5.32 Å². The van der Waals surface area contributed by atoms with E-state index in [1.807, 2.05) is 6.92 Å². The first kappa shape index (κ1) is 11.7. The number of carbonyl (C=O) groups excluding carboxylic acids is 1. The third-order valence-corrected chi connectivity index (χ3v) is 3.60. The quantitative estimate of drug-likeness (QED) is 0.714. The monoisotopic (exact) mass is 219 g/mol. The summed E-state index contributed by atoms with van der Waals surface area (Å²) in [4.78, 5) is 11.6. The van der Waals surface area contributed by atoms with Crippen molar-refractivity contribution >= 4 is 15.6 Å². The third kappa shape index (κ3) is 3.38. The molecule has 1 N–H and O–H groups in total. The lowest BCUT2D eigenvalue weighted by Gasteiger charge is -2.11. The Labute approximate surface area is 85.0 Å². The van der Waals surface area contributed by atoms with Gasteiger partial charge in [0.15, 0.2) is 0 Å². The van der Waals surface area contributed by atoms with Crippen molar-refractivity contribution in [1.82, 2.24) is 5.32 Å². The Morgan fingerprint density at radius 2 is 2.07 bits per heavy atom. The molecule has 14 heavy (non-hydrogen) atoms. The second kappa shape index (κ2) is 4.40. The van der Waals surface area contributed by atoms with Gasteiger partial charge in [-0.1, -0.05) is 6.92 Å². The van der Waals surface area contributed by atoms with Crippen molar-refractivity contribution in [1.29, 1.82) is 0 Å². The molecule has 0 radical (unpaired) electrons. The number of rotatable bonds is 4. The highest BCUT2D eigenvalue weighted by molar-refractivity contribution is 7.90. The molecule has 1 heterocycles. The zero-order valence-corrected chi connectivity index (χ0v) is 9.43. The van der Waals surface area contributed by atoms with E-state index >= 15 is 0 Å². The number of carbonyl (C=O) groups is 1. The highest BCUT2D eigenvalue weighted by atomic mass is 32.2. The fraction of sp³-hybridized carbons (Fsp3) is 0.889. The number of Topliss-reactive ketones (excluding diaryl/α,β-unsaturated/α-hetero) is 1. The van der Waals surface area contributed by atoms with Gasteiger partial charge in [0.25, 0.3) is 0 Å². The maximum atomic E-state index is 11.6. The van der Waals surface area contributed by atoms with Crippen molar-refractivity contribution in [2.75, 3.05) is 25.1 Å². The van der Waals surface area contributed by atoms with E-state index in [9.17, 15) is 13.2 Å². The first-order valence-electron chi connectivity index (χ1n) is 4.81. The molecule has 0 aliphatic carbocycles. The van der Waals surface area contributed by atoms with Crippen molar-refractivity contribution in [2.45, 2.75) is 13.3 Å². The lowest BCUT2D eigenvalue weighted by Crippen LogP contribution is -2.23. The molecule has 0 amide bonds. The Hall–Kier alpha value is -0.420. The van der Waals surface area contributed by atoms with Gasteiger partial charge in [-0.05, 0) is 12.5 Å². The van der Waals surface area contributed by atoms with Crippen molar-refractivity contribution in [2.24, 2.45) is 11.8 Å². The summed E-state index contributed by atoms with van der Waals surface area (Å²) < 4.78 is 21.7. The van der Waals surface area contributed by atoms with Gasteiger partial charge in [-0.15, -0.1) is 0 Å². The average molecular weight is 219 g/mol. The molecule has 0 aromatic rings. The second-order valence-electron chi connectivity index (χ2n) is 4.09. The van der Waals surface area contributed by atoms with Gasteiger partial charge in [0.2, 0.25) is 0 Å². The number of nitrogens with one attached hydrogen (secondary N) is 1. The zero-order valence-electron chi connectivity index (χ0n) is 8.62. The Morgan fingerprint density at radius 1 is 1.43 bits per heavy atom. The summed E-state index contributed by atoms with van der Waals surface area (Å²) in [5, 5.41) is 3.13. The van der Waals surface area contributed by atoms with Gasteiger partial charge >= 0.3 is 0 Å². The van der Waals surface area contributed by atoms with Gasteiger partial charge in [0.1, 0.15) is 15.6 Å². The molecule has 0 bridgehead atoms. The van der Waals surface area contributed by atoms with E-state index in [0.717, 1.165) is 12.8 Å². The normalized spacial score (nSPS) is 27.9. The summed E-state index contributed by atoms with van der Waals surface area (Å²) in [6, 6.07) is 0. The van der Waals surface area contributed by atoms with Crippen LogP contribution in [-0.4, -0.2) is 39.3 Å². The lowest BCUT2D eigenvalue weighted by molar-refractivity contribution is -0.122. The molecule has 82 valence electrons. The van der Waals surface area contributed by atoms with E-state index < -0.39 is 9.84 Å². The molecular formula is C9H17NO3S. The van der Waals surface area contributed by atoms with Crippen LogP contribution in [0.15, 0.2) is 0 Å². The first-order chi connectivity index (χ1) is 6.40. The molecule has 1 rings (SSSR count). The van der Waals surface area contributed by atoms with Crippen LogP contribution >= 0.6 is 0 Å². The van der Waals surface area contributed by atoms with Gasteiger partial charge in [-0.3, -0.25) is 4.79 Å². The molecule has 0 aromatic carbocycles. The maximum Gasteiger partial charge on any atom is 0.147 e. The minimum atomic E-state index is -3.01. The first-order valence-corrected chi connectivity index (χ1v) is 6.87. The summed E-state index contributed by atoms with van der Waals surface area (Å²) in [6.45, 7) is 3.57. The zero-order chi connectivity index (χ0) is 10.8. The average Bonchev–Trinajstić information content (AvgIpc) is 2.46. The van der Waals surface area contributed by atoms with Crippen LogP contribution in [0.3, 0.4) is 0 Å².